The van der Waals surface area contributed by atoms with E-state index in [1.54, 1.807) is 17.4 Å². The Labute approximate surface area is 96.2 Å². The van der Waals surface area contributed by atoms with E-state index in [0.29, 0.717) is 0 Å². The Bertz CT molecular complexity index is 344. The average Bonchev–Trinajstić information content (AvgIpc) is 2.47. The monoisotopic (exact) mass is 273 g/mol. The van der Waals surface area contributed by atoms with Gasteiger partial charge in [0.2, 0.25) is 5.91 Å². The Morgan fingerprint density at radius 3 is 2.79 bits per heavy atom. The number of carbonyl (C=O) groups excluding carboxylic acids is 1. The molecule has 2 nitrogen and oxygen atoms in total. The van der Waals surface area contributed by atoms with Crippen LogP contribution < -0.4 is 5.32 Å². The molecular weight excluding hydrogens is 262 g/mol. The number of amides is 1. The van der Waals surface area contributed by atoms with Crippen LogP contribution in [-0.4, -0.2) is 11.9 Å². The molecule has 1 rings (SSSR count). The van der Waals surface area contributed by atoms with Gasteiger partial charge in [0.05, 0.1) is 3.79 Å². The highest BCUT2D eigenvalue weighted by Crippen LogP contribution is 2.22. The fourth-order valence-electron chi connectivity index (χ4n) is 0.908. The Hall–Kier alpha value is -0.610. The predicted molar refractivity (Wildman–Crippen MR) is 64.3 cm³/mol. The minimum Gasteiger partial charge on any atom is -0.350 e. The first-order valence-electron chi connectivity index (χ1n) is 4.32. The van der Waals surface area contributed by atoms with E-state index in [0.717, 1.165) is 8.66 Å². The van der Waals surface area contributed by atoms with Crippen molar-refractivity contribution < 1.29 is 4.79 Å². The van der Waals surface area contributed by atoms with E-state index >= 15 is 0 Å². The van der Waals surface area contributed by atoms with Crippen LogP contribution >= 0.6 is 27.3 Å². The minimum atomic E-state index is -0.0514. The fraction of sp³-hybridized carbons (Fsp3) is 0.300. The first kappa shape index (κ1) is 11.5. The van der Waals surface area contributed by atoms with Gasteiger partial charge in [-0.25, -0.2) is 0 Å². The third-order valence-electron chi connectivity index (χ3n) is 1.42. The number of hydrogen-bond donors (Lipinski definition) is 1. The van der Waals surface area contributed by atoms with Gasteiger partial charge in [-0.05, 0) is 48.0 Å². The molecule has 0 fully saturated rings. The van der Waals surface area contributed by atoms with E-state index in [1.807, 2.05) is 32.1 Å². The summed E-state index contributed by atoms with van der Waals surface area (Å²) >= 11 is 4.96. The molecule has 76 valence electrons. The predicted octanol–water partition coefficient (Wildman–Crippen LogP) is 3.05. The van der Waals surface area contributed by atoms with Gasteiger partial charge < -0.3 is 5.32 Å². The molecule has 0 spiro atoms. The quantitative estimate of drug-likeness (QED) is 0.843. The molecule has 0 aliphatic carbocycles. The Kier molecular flexibility index (Phi) is 4.35. The largest absolute Gasteiger partial charge is 0.350 e. The van der Waals surface area contributed by atoms with Gasteiger partial charge in [0.25, 0.3) is 0 Å². The zero-order valence-electron chi connectivity index (χ0n) is 8.08. The summed E-state index contributed by atoms with van der Waals surface area (Å²) in [7, 11) is 0. The molecule has 14 heavy (non-hydrogen) atoms. The molecule has 0 atom stereocenters. The maximum Gasteiger partial charge on any atom is 0.244 e. The highest BCUT2D eigenvalue weighted by Gasteiger charge is 1.98. The van der Waals surface area contributed by atoms with Crippen LogP contribution in [0.4, 0.5) is 0 Å². The summed E-state index contributed by atoms with van der Waals surface area (Å²) in [6.07, 6.45) is 3.37. The molecule has 0 bridgehead atoms. The number of thiophene rings is 1. The number of rotatable bonds is 3. The Balaban J connectivity index is 2.51. The van der Waals surface area contributed by atoms with Crippen molar-refractivity contribution in [3.05, 3.63) is 26.9 Å². The van der Waals surface area contributed by atoms with Crippen LogP contribution in [0.2, 0.25) is 0 Å². The van der Waals surface area contributed by atoms with Gasteiger partial charge in [0.1, 0.15) is 0 Å². The molecule has 0 saturated carbocycles. The molecule has 0 aliphatic rings. The average molecular weight is 274 g/mol. The second kappa shape index (κ2) is 5.32. The normalized spacial score (nSPS) is 11.1. The van der Waals surface area contributed by atoms with Crippen LogP contribution in [0, 0.1) is 0 Å². The summed E-state index contributed by atoms with van der Waals surface area (Å²) in [5.74, 6) is -0.0514. The molecule has 0 aromatic carbocycles. The lowest BCUT2D eigenvalue weighted by Crippen LogP contribution is -2.28. The first-order chi connectivity index (χ1) is 6.58. The maximum absolute atomic E-state index is 11.2. The molecule has 1 aromatic heterocycles. The Morgan fingerprint density at radius 1 is 1.57 bits per heavy atom. The van der Waals surface area contributed by atoms with Crippen molar-refractivity contribution in [2.24, 2.45) is 0 Å². The van der Waals surface area contributed by atoms with Crippen LogP contribution in [-0.2, 0) is 4.79 Å². The van der Waals surface area contributed by atoms with E-state index in [-0.39, 0.29) is 11.9 Å². The van der Waals surface area contributed by atoms with Gasteiger partial charge in [0.15, 0.2) is 0 Å². The van der Waals surface area contributed by atoms with Gasteiger partial charge in [-0.2, -0.15) is 0 Å². The molecule has 1 N–H and O–H groups in total. The van der Waals surface area contributed by atoms with Crippen molar-refractivity contribution in [2.75, 3.05) is 0 Å². The standard InChI is InChI=1S/C10H12BrNOS/c1-7(2)12-10(13)6-4-8-3-5-9(11)14-8/h3-7H,1-2H3,(H,12,13). The highest BCUT2D eigenvalue weighted by atomic mass is 79.9. The lowest BCUT2D eigenvalue weighted by atomic mass is 10.3. The first-order valence-corrected chi connectivity index (χ1v) is 5.93. The summed E-state index contributed by atoms with van der Waals surface area (Å²) in [6.45, 7) is 3.88. The summed E-state index contributed by atoms with van der Waals surface area (Å²) < 4.78 is 1.07. The van der Waals surface area contributed by atoms with Crippen molar-refractivity contribution in [3.8, 4) is 0 Å². The number of halogens is 1. The lowest BCUT2D eigenvalue weighted by Gasteiger charge is -2.03. The molecule has 0 aliphatic heterocycles. The third kappa shape index (κ3) is 4.07. The molecule has 0 radical (unpaired) electrons. The van der Waals surface area contributed by atoms with Crippen molar-refractivity contribution in [3.63, 3.8) is 0 Å². The van der Waals surface area contributed by atoms with Crippen molar-refractivity contribution in [1.29, 1.82) is 0 Å². The van der Waals surface area contributed by atoms with E-state index in [2.05, 4.69) is 21.2 Å². The van der Waals surface area contributed by atoms with Crippen molar-refractivity contribution in [1.82, 2.24) is 5.32 Å². The molecule has 1 aromatic rings. The summed E-state index contributed by atoms with van der Waals surface area (Å²) in [4.78, 5) is 12.3. The van der Waals surface area contributed by atoms with E-state index in [1.165, 1.54) is 0 Å². The second-order valence-electron chi connectivity index (χ2n) is 3.14. The van der Waals surface area contributed by atoms with Gasteiger partial charge in [-0.1, -0.05) is 0 Å². The maximum atomic E-state index is 11.2. The molecule has 0 unspecified atom stereocenters. The molecule has 4 heteroatoms. The number of carbonyl (C=O) groups is 1. The van der Waals surface area contributed by atoms with Gasteiger partial charge in [-0.15, -0.1) is 11.3 Å². The van der Waals surface area contributed by atoms with E-state index in [4.69, 9.17) is 0 Å². The van der Waals surface area contributed by atoms with Crippen LogP contribution in [0.25, 0.3) is 6.08 Å². The van der Waals surface area contributed by atoms with Gasteiger partial charge >= 0.3 is 0 Å². The fourth-order valence-corrected chi connectivity index (χ4v) is 2.23. The third-order valence-corrected chi connectivity index (χ3v) is 3.01. The zero-order chi connectivity index (χ0) is 10.6. The molecule has 0 saturated heterocycles. The second-order valence-corrected chi connectivity index (χ2v) is 5.63. The molecule has 1 heterocycles. The van der Waals surface area contributed by atoms with Gasteiger partial charge in [-0.3, -0.25) is 4.79 Å². The summed E-state index contributed by atoms with van der Waals surface area (Å²) in [6, 6.07) is 4.11. The lowest BCUT2D eigenvalue weighted by molar-refractivity contribution is -0.116. The SMILES string of the molecule is CC(C)NC(=O)C=Cc1ccc(Br)s1. The van der Waals surface area contributed by atoms with Crippen molar-refractivity contribution >= 4 is 39.2 Å². The zero-order valence-corrected chi connectivity index (χ0v) is 10.5. The molecular formula is C10H12BrNOS. The van der Waals surface area contributed by atoms with Crippen LogP contribution in [0.15, 0.2) is 22.0 Å². The van der Waals surface area contributed by atoms with Crippen LogP contribution in [0.5, 0.6) is 0 Å². The highest BCUT2D eigenvalue weighted by molar-refractivity contribution is 9.11. The minimum absolute atomic E-state index is 0.0514. The Morgan fingerprint density at radius 2 is 2.29 bits per heavy atom. The van der Waals surface area contributed by atoms with Gasteiger partial charge in [0, 0.05) is 17.0 Å². The molecule has 1 amide bonds. The topological polar surface area (TPSA) is 29.1 Å². The van der Waals surface area contributed by atoms with Crippen LogP contribution in [0.1, 0.15) is 18.7 Å². The number of nitrogens with one attached hydrogen (secondary N) is 1. The van der Waals surface area contributed by atoms with Crippen molar-refractivity contribution in [2.45, 2.75) is 19.9 Å². The van der Waals surface area contributed by atoms with E-state index in [9.17, 15) is 4.79 Å². The number of hydrogen-bond acceptors (Lipinski definition) is 2. The van der Waals surface area contributed by atoms with Crippen LogP contribution in [0.3, 0.4) is 0 Å². The summed E-state index contributed by atoms with van der Waals surface area (Å²) in [5, 5.41) is 2.79. The summed E-state index contributed by atoms with van der Waals surface area (Å²) in [5.41, 5.74) is 0. The smallest absolute Gasteiger partial charge is 0.244 e. The van der Waals surface area contributed by atoms with E-state index < -0.39 is 0 Å².